The number of carbonyl (C=O) groups excluding carboxylic acids is 1. The van der Waals surface area contributed by atoms with Gasteiger partial charge in [-0.15, -0.1) is 0 Å². The molecule has 1 aromatic carbocycles. The lowest BCUT2D eigenvalue weighted by atomic mass is 10.00. The van der Waals surface area contributed by atoms with Crippen molar-refractivity contribution in [1.82, 2.24) is 0 Å². The predicted octanol–water partition coefficient (Wildman–Crippen LogP) is 1.09. The van der Waals surface area contributed by atoms with Crippen LogP contribution in [0.15, 0.2) is 24.3 Å². The monoisotopic (exact) mass is 250 g/mol. The smallest absolute Gasteiger partial charge is 0.189 e. The summed E-state index contributed by atoms with van der Waals surface area (Å²) in [7, 11) is 0. The van der Waals surface area contributed by atoms with Crippen LogP contribution in [0.3, 0.4) is 0 Å². The number of rotatable bonds is 5. The van der Waals surface area contributed by atoms with Crippen LogP contribution in [0, 0.1) is 0 Å². The van der Waals surface area contributed by atoms with Crippen LogP contribution in [0.25, 0.3) is 6.08 Å². The molecule has 0 spiro atoms. The van der Waals surface area contributed by atoms with Crippen molar-refractivity contribution in [3.8, 4) is 11.5 Å². The van der Waals surface area contributed by atoms with Crippen molar-refractivity contribution >= 4 is 11.9 Å². The largest absolute Gasteiger partial charge is 0.504 e. The van der Waals surface area contributed by atoms with Crippen LogP contribution in [0.4, 0.5) is 0 Å². The summed E-state index contributed by atoms with van der Waals surface area (Å²) in [4.78, 5) is 11.7. The van der Waals surface area contributed by atoms with Crippen LogP contribution in [0.2, 0.25) is 0 Å². The molecule has 6 N–H and O–H groups in total. The van der Waals surface area contributed by atoms with Gasteiger partial charge in [0.25, 0.3) is 0 Å². The van der Waals surface area contributed by atoms with E-state index in [0.717, 1.165) is 0 Å². The Morgan fingerprint density at radius 3 is 2.56 bits per heavy atom. The molecule has 0 atom stereocenters. The molecule has 1 rings (SSSR count). The minimum absolute atomic E-state index is 0.212. The molecule has 0 aromatic heterocycles. The molecule has 0 saturated carbocycles. The van der Waals surface area contributed by atoms with E-state index in [0.29, 0.717) is 18.4 Å². The fraction of sp³-hybridized carbons (Fsp3) is 0.308. The fourth-order valence-electron chi connectivity index (χ4n) is 1.51. The Bertz CT molecular complexity index is 467. The third-order valence-electron chi connectivity index (χ3n) is 2.55. The third-order valence-corrected chi connectivity index (χ3v) is 2.55. The van der Waals surface area contributed by atoms with Crippen LogP contribution in [-0.2, 0) is 4.79 Å². The molecule has 5 nitrogen and oxygen atoms in total. The molecular formula is C13H18N2O3. The first kappa shape index (κ1) is 14.2. The molecule has 0 aliphatic rings. The van der Waals surface area contributed by atoms with Crippen LogP contribution in [0.5, 0.6) is 11.5 Å². The Labute approximate surface area is 106 Å². The third kappa shape index (κ3) is 3.58. The highest BCUT2D eigenvalue weighted by atomic mass is 16.3. The molecule has 5 heteroatoms. The first-order valence-electron chi connectivity index (χ1n) is 5.69. The van der Waals surface area contributed by atoms with E-state index in [9.17, 15) is 9.90 Å². The molecule has 0 heterocycles. The number of phenolic OH excluding ortho intramolecular Hbond substituents is 2. The molecular weight excluding hydrogens is 232 g/mol. The number of benzene rings is 1. The molecule has 1 aromatic rings. The molecule has 0 aliphatic heterocycles. The van der Waals surface area contributed by atoms with Gasteiger partial charge in [-0.25, -0.2) is 0 Å². The highest BCUT2D eigenvalue weighted by molar-refractivity contribution is 6.00. The van der Waals surface area contributed by atoms with Gasteiger partial charge in [-0.1, -0.05) is 25.5 Å². The van der Waals surface area contributed by atoms with E-state index in [1.54, 1.807) is 6.07 Å². The first-order valence-corrected chi connectivity index (χ1v) is 5.69. The molecule has 0 bridgehead atoms. The van der Waals surface area contributed by atoms with E-state index in [4.69, 9.17) is 16.6 Å². The van der Waals surface area contributed by atoms with E-state index < -0.39 is 5.66 Å². The SMILES string of the molecule is CCCC(N)(N)C(=O)C=Cc1ccc(O)c(O)c1. The van der Waals surface area contributed by atoms with Crippen molar-refractivity contribution in [2.75, 3.05) is 0 Å². The summed E-state index contributed by atoms with van der Waals surface area (Å²) in [5, 5.41) is 18.4. The second kappa shape index (κ2) is 5.66. The fourth-order valence-corrected chi connectivity index (χ4v) is 1.51. The molecule has 0 radical (unpaired) electrons. The van der Waals surface area contributed by atoms with Gasteiger partial charge in [0.1, 0.15) is 5.66 Å². The Morgan fingerprint density at radius 1 is 1.33 bits per heavy atom. The molecule has 0 fully saturated rings. The average Bonchev–Trinajstić information content (AvgIpc) is 2.30. The van der Waals surface area contributed by atoms with Gasteiger partial charge >= 0.3 is 0 Å². The van der Waals surface area contributed by atoms with E-state index in [-0.39, 0.29) is 17.3 Å². The van der Waals surface area contributed by atoms with Crippen LogP contribution in [-0.4, -0.2) is 21.7 Å². The zero-order valence-electron chi connectivity index (χ0n) is 10.3. The van der Waals surface area contributed by atoms with Crippen molar-refractivity contribution in [3.05, 3.63) is 29.8 Å². The van der Waals surface area contributed by atoms with E-state index in [1.165, 1.54) is 24.3 Å². The topological polar surface area (TPSA) is 110 Å². The minimum Gasteiger partial charge on any atom is -0.504 e. The highest BCUT2D eigenvalue weighted by Crippen LogP contribution is 2.25. The van der Waals surface area contributed by atoms with E-state index in [2.05, 4.69) is 0 Å². The molecule has 0 amide bonds. The number of aromatic hydroxyl groups is 2. The summed E-state index contributed by atoms with van der Waals surface area (Å²) in [6, 6.07) is 4.24. The van der Waals surface area contributed by atoms with Crippen molar-refractivity contribution in [1.29, 1.82) is 0 Å². The second-order valence-corrected chi connectivity index (χ2v) is 4.24. The van der Waals surface area contributed by atoms with Crippen LogP contribution >= 0.6 is 0 Å². The summed E-state index contributed by atoms with van der Waals surface area (Å²) in [5.74, 6) is -0.835. The normalized spacial score (nSPS) is 11.9. The van der Waals surface area contributed by atoms with E-state index >= 15 is 0 Å². The number of hydrogen-bond donors (Lipinski definition) is 4. The molecule has 98 valence electrons. The lowest BCUT2D eigenvalue weighted by Crippen LogP contribution is -2.55. The van der Waals surface area contributed by atoms with Crippen LogP contribution in [0.1, 0.15) is 25.3 Å². The number of carbonyl (C=O) groups is 1. The zero-order chi connectivity index (χ0) is 13.8. The van der Waals surface area contributed by atoms with Gasteiger partial charge in [-0.2, -0.15) is 0 Å². The summed E-state index contributed by atoms with van der Waals surface area (Å²) < 4.78 is 0. The zero-order valence-corrected chi connectivity index (χ0v) is 10.3. The van der Waals surface area contributed by atoms with Crippen molar-refractivity contribution < 1.29 is 15.0 Å². The van der Waals surface area contributed by atoms with Crippen molar-refractivity contribution in [3.63, 3.8) is 0 Å². The quantitative estimate of drug-likeness (QED) is 0.355. The highest BCUT2D eigenvalue weighted by Gasteiger charge is 2.25. The summed E-state index contributed by atoms with van der Waals surface area (Å²) in [6.07, 6.45) is 3.89. The molecule has 0 saturated heterocycles. The van der Waals surface area contributed by atoms with Gasteiger partial charge in [0, 0.05) is 0 Å². The molecule has 18 heavy (non-hydrogen) atoms. The maximum atomic E-state index is 11.7. The van der Waals surface area contributed by atoms with Gasteiger partial charge in [-0.05, 0) is 30.2 Å². The number of hydrogen-bond acceptors (Lipinski definition) is 5. The molecule has 0 unspecified atom stereocenters. The number of phenols is 2. The standard InChI is InChI=1S/C13H18N2O3/c1-2-7-13(14,15)12(18)6-4-9-3-5-10(16)11(17)8-9/h3-6,8,16-17H,2,7,14-15H2,1H3. The summed E-state index contributed by atoms with van der Waals surface area (Å²) in [5.41, 5.74) is 10.6. The predicted molar refractivity (Wildman–Crippen MR) is 69.8 cm³/mol. The minimum atomic E-state index is -1.36. The van der Waals surface area contributed by atoms with Crippen LogP contribution < -0.4 is 11.5 Å². The second-order valence-electron chi connectivity index (χ2n) is 4.24. The summed E-state index contributed by atoms with van der Waals surface area (Å²) >= 11 is 0. The van der Waals surface area contributed by atoms with Crippen molar-refractivity contribution in [2.45, 2.75) is 25.4 Å². The Kier molecular flexibility index (Phi) is 4.47. The maximum absolute atomic E-state index is 11.7. The maximum Gasteiger partial charge on any atom is 0.189 e. The lowest BCUT2D eigenvalue weighted by Gasteiger charge is -2.19. The Morgan fingerprint density at radius 2 is 2.00 bits per heavy atom. The average molecular weight is 250 g/mol. The molecule has 0 aliphatic carbocycles. The van der Waals surface area contributed by atoms with E-state index in [1.807, 2.05) is 6.92 Å². The van der Waals surface area contributed by atoms with Gasteiger partial charge in [0.05, 0.1) is 0 Å². The van der Waals surface area contributed by atoms with Gasteiger partial charge in [-0.3, -0.25) is 4.79 Å². The van der Waals surface area contributed by atoms with Gasteiger partial charge < -0.3 is 21.7 Å². The Balaban J connectivity index is 2.80. The number of ketones is 1. The first-order chi connectivity index (χ1) is 8.36. The van der Waals surface area contributed by atoms with Crippen molar-refractivity contribution in [2.24, 2.45) is 11.5 Å². The number of nitrogens with two attached hydrogens (primary N) is 2. The lowest BCUT2D eigenvalue weighted by molar-refractivity contribution is -0.119. The summed E-state index contributed by atoms with van der Waals surface area (Å²) in [6.45, 7) is 1.89. The van der Waals surface area contributed by atoms with Gasteiger partial charge in [0.15, 0.2) is 17.3 Å². The Hall–Kier alpha value is -1.85. The van der Waals surface area contributed by atoms with Gasteiger partial charge in [0.2, 0.25) is 0 Å².